The van der Waals surface area contributed by atoms with E-state index in [4.69, 9.17) is 23.8 Å². The number of ether oxygens (including phenoxy) is 4. The molecule has 0 spiro atoms. The first-order chi connectivity index (χ1) is 10.4. The van der Waals surface area contributed by atoms with Gasteiger partial charge in [-0.05, 0) is 13.8 Å². The summed E-state index contributed by atoms with van der Waals surface area (Å²) in [6.07, 6.45) is -0.660. The zero-order valence-electron chi connectivity index (χ0n) is 13.1. The summed E-state index contributed by atoms with van der Waals surface area (Å²) >= 11 is 0. The van der Waals surface area contributed by atoms with E-state index >= 15 is 0 Å². The van der Waals surface area contributed by atoms with E-state index in [-0.39, 0.29) is 36.7 Å². The Morgan fingerprint density at radius 1 is 1.18 bits per heavy atom. The maximum atomic E-state index is 11.7. The van der Waals surface area contributed by atoms with Crippen molar-refractivity contribution < 1.29 is 33.4 Å². The van der Waals surface area contributed by atoms with Crippen LogP contribution in [0.4, 0.5) is 0 Å². The molecular weight excluding hydrogens is 294 g/mol. The smallest absolute Gasteiger partial charge is 0.337 e. The summed E-state index contributed by atoms with van der Waals surface area (Å²) in [5.74, 6) is -1.51. The zero-order valence-corrected chi connectivity index (χ0v) is 13.1. The Kier molecular flexibility index (Phi) is 3.88. The van der Waals surface area contributed by atoms with E-state index in [0.717, 1.165) is 0 Å². The Hall–Kier alpha value is -1.22. The van der Waals surface area contributed by atoms with Crippen molar-refractivity contribution >= 4 is 11.9 Å². The molecule has 0 N–H and O–H groups in total. The van der Waals surface area contributed by atoms with E-state index in [0.29, 0.717) is 6.42 Å². The Morgan fingerprint density at radius 2 is 1.86 bits per heavy atom. The van der Waals surface area contributed by atoms with Crippen LogP contribution in [0.1, 0.15) is 26.7 Å². The Balaban J connectivity index is 1.81. The van der Waals surface area contributed by atoms with E-state index in [9.17, 15) is 9.59 Å². The molecule has 8 heteroatoms. The molecule has 0 amide bonds. The fraction of sp³-hybridized carbons (Fsp3) is 0.857. The third-order valence-electron chi connectivity index (χ3n) is 4.35. The molecular formula is C14H21NO7. The lowest BCUT2D eigenvalue weighted by molar-refractivity contribution is -0.228. The monoisotopic (exact) mass is 315 g/mol. The molecule has 5 atom stereocenters. The van der Waals surface area contributed by atoms with Gasteiger partial charge in [-0.15, -0.1) is 0 Å². The van der Waals surface area contributed by atoms with Gasteiger partial charge in [0.05, 0.1) is 32.7 Å². The van der Waals surface area contributed by atoms with Crippen LogP contribution in [0.25, 0.3) is 0 Å². The number of carbonyl (C=O) groups excluding carboxylic acids is 2. The molecule has 3 aliphatic rings. The molecule has 3 saturated heterocycles. The van der Waals surface area contributed by atoms with Crippen LogP contribution in [-0.4, -0.2) is 67.4 Å². The van der Waals surface area contributed by atoms with Gasteiger partial charge in [-0.3, -0.25) is 9.63 Å². The second-order valence-corrected chi connectivity index (χ2v) is 6.19. The molecule has 0 saturated carbocycles. The molecule has 22 heavy (non-hydrogen) atoms. The quantitative estimate of drug-likeness (QED) is 0.673. The highest BCUT2D eigenvalue weighted by Gasteiger charge is 2.62. The largest absolute Gasteiger partial charge is 0.469 e. The van der Waals surface area contributed by atoms with E-state index in [1.165, 1.54) is 14.2 Å². The first-order valence-electron chi connectivity index (χ1n) is 7.31. The molecule has 3 fully saturated rings. The maximum Gasteiger partial charge on any atom is 0.337 e. The molecule has 0 aliphatic carbocycles. The number of nitrogens with zero attached hydrogens (tertiary/aromatic N) is 1. The number of carbonyl (C=O) groups is 2. The van der Waals surface area contributed by atoms with Gasteiger partial charge >= 0.3 is 11.9 Å². The zero-order chi connectivity index (χ0) is 16.1. The molecule has 8 nitrogen and oxygen atoms in total. The van der Waals surface area contributed by atoms with Crippen molar-refractivity contribution in [3.8, 4) is 0 Å². The number of rotatable bonds is 3. The van der Waals surface area contributed by atoms with Gasteiger partial charge in [0.2, 0.25) is 0 Å². The van der Waals surface area contributed by atoms with Crippen LogP contribution >= 0.6 is 0 Å². The van der Waals surface area contributed by atoms with Crippen molar-refractivity contribution in [2.75, 3.05) is 14.2 Å². The van der Waals surface area contributed by atoms with Gasteiger partial charge in [0.25, 0.3) is 0 Å². The molecule has 124 valence electrons. The van der Waals surface area contributed by atoms with Crippen molar-refractivity contribution in [1.29, 1.82) is 0 Å². The van der Waals surface area contributed by atoms with E-state index < -0.39 is 17.9 Å². The molecule has 3 aliphatic heterocycles. The van der Waals surface area contributed by atoms with Crippen LogP contribution in [0.5, 0.6) is 0 Å². The SMILES string of the molecule is COC(=O)C[C@@H]1[C@H]2OC(C)(C)O[C@H]2[C@@H]2C[C@@H](C(=O)OC)ON12. The first-order valence-corrected chi connectivity index (χ1v) is 7.31. The highest BCUT2D eigenvalue weighted by atomic mass is 16.8. The predicted octanol–water partition coefficient (Wildman–Crippen LogP) is -0.000700. The Bertz CT molecular complexity index is 480. The highest BCUT2D eigenvalue weighted by Crippen LogP contribution is 2.46. The third kappa shape index (κ3) is 2.50. The average Bonchev–Trinajstić information content (AvgIpc) is 3.09. The average molecular weight is 315 g/mol. The van der Waals surface area contributed by atoms with Gasteiger partial charge in [-0.1, -0.05) is 0 Å². The van der Waals surface area contributed by atoms with Gasteiger partial charge in [0.1, 0.15) is 12.2 Å². The van der Waals surface area contributed by atoms with E-state index in [1.54, 1.807) is 5.06 Å². The van der Waals surface area contributed by atoms with Crippen LogP contribution in [0.3, 0.4) is 0 Å². The second-order valence-electron chi connectivity index (χ2n) is 6.19. The van der Waals surface area contributed by atoms with Crippen molar-refractivity contribution in [2.24, 2.45) is 0 Å². The van der Waals surface area contributed by atoms with Gasteiger partial charge in [0, 0.05) is 6.42 Å². The maximum absolute atomic E-state index is 11.7. The lowest BCUT2D eigenvalue weighted by atomic mass is 10.0. The number of hydrogen-bond donors (Lipinski definition) is 0. The summed E-state index contributed by atoms with van der Waals surface area (Å²) < 4.78 is 21.3. The van der Waals surface area contributed by atoms with Crippen LogP contribution < -0.4 is 0 Å². The third-order valence-corrected chi connectivity index (χ3v) is 4.35. The molecule has 0 aromatic carbocycles. The highest BCUT2D eigenvalue weighted by molar-refractivity contribution is 5.75. The van der Waals surface area contributed by atoms with Crippen molar-refractivity contribution in [3.05, 3.63) is 0 Å². The Morgan fingerprint density at radius 3 is 2.50 bits per heavy atom. The number of fused-ring (bicyclic) bond motifs is 3. The number of hydroxylamine groups is 2. The first kappa shape index (κ1) is 15.7. The van der Waals surface area contributed by atoms with Crippen molar-refractivity contribution in [3.63, 3.8) is 0 Å². The molecule has 0 aromatic rings. The summed E-state index contributed by atoms with van der Waals surface area (Å²) in [4.78, 5) is 29.1. The molecule has 3 heterocycles. The van der Waals surface area contributed by atoms with Gasteiger partial charge in [-0.25, -0.2) is 4.79 Å². The standard InChI is InChI=1S/C14H21NO7/c1-14(2)20-11-7-5-9(13(17)19-4)22-15(7)8(12(11)21-14)6-10(16)18-3/h7-9,11-12H,5-6H2,1-4H3/t7-,8+,9-,11-,12+/m0/s1. The van der Waals surface area contributed by atoms with Gasteiger partial charge in [0.15, 0.2) is 11.9 Å². The minimum Gasteiger partial charge on any atom is -0.469 e. The summed E-state index contributed by atoms with van der Waals surface area (Å²) in [5.41, 5.74) is 0. The van der Waals surface area contributed by atoms with Gasteiger partial charge < -0.3 is 18.9 Å². The molecule has 0 bridgehead atoms. The van der Waals surface area contributed by atoms with Crippen molar-refractivity contribution in [2.45, 2.75) is 62.9 Å². The molecule has 3 rings (SSSR count). The summed E-state index contributed by atoms with van der Waals surface area (Å²) in [7, 11) is 2.66. The van der Waals surface area contributed by atoms with E-state index in [1.807, 2.05) is 13.8 Å². The summed E-state index contributed by atoms with van der Waals surface area (Å²) in [6.45, 7) is 3.66. The predicted molar refractivity (Wildman–Crippen MR) is 71.4 cm³/mol. The van der Waals surface area contributed by atoms with Crippen LogP contribution in [0.2, 0.25) is 0 Å². The Labute approximate surface area is 128 Å². The fourth-order valence-corrected chi connectivity index (χ4v) is 3.48. The van der Waals surface area contributed by atoms with Crippen molar-refractivity contribution in [1.82, 2.24) is 5.06 Å². The molecule has 0 radical (unpaired) electrons. The van der Waals surface area contributed by atoms with Gasteiger partial charge in [-0.2, -0.15) is 5.06 Å². The number of hydrogen-bond acceptors (Lipinski definition) is 8. The fourth-order valence-electron chi connectivity index (χ4n) is 3.48. The normalized spacial score (nSPS) is 39.4. The topological polar surface area (TPSA) is 83.5 Å². The minimum atomic E-state index is -0.723. The second kappa shape index (κ2) is 5.45. The summed E-state index contributed by atoms with van der Waals surface area (Å²) in [5, 5.41) is 1.66. The van der Waals surface area contributed by atoms with E-state index in [2.05, 4.69) is 0 Å². The van der Waals surface area contributed by atoms with Crippen LogP contribution in [0.15, 0.2) is 0 Å². The summed E-state index contributed by atoms with van der Waals surface area (Å²) in [6, 6.07) is -0.496. The van der Waals surface area contributed by atoms with Crippen LogP contribution in [0, 0.1) is 0 Å². The molecule has 0 unspecified atom stereocenters. The number of methoxy groups -OCH3 is 2. The van der Waals surface area contributed by atoms with Crippen LogP contribution in [-0.2, 0) is 33.4 Å². The minimum absolute atomic E-state index is 0.113. The number of esters is 2. The molecule has 0 aromatic heterocycles. The lowest BCUT2D eigenvalue weighted by Crippen LogP contribution is -2.41. The lowest BCUT2D eigenvalue weighted by Gasteiger charge is -2.28.